The Morgan fingerprint density at radius 1 is 1.19 bits per heavy atom. The predicted molar refractivity (Wildman–Crippen MR) is 47.4 cm³/mol. The number of rotatable bonds is 4. The van der Waals surface area contributed by atoms with Gasteiger partial charge in [0, 0.05) is 0 Å². The van der Waals surface area contributed by atoms with Crippen LogP contribution in [0.15, 0.2) is 0 Å². The molecular formula is C8H14O8. The van der Waals surface area contributed by atoms with Gasteiger partial charge in [-0.1, -0.05) is 0 Å². The molecule has 0 aromatic rings. The van der Waals surface area contributed by atoms with Crippen molar-refractivity contribution in [1.29, 1.82) is 0 Å². The van der Waals surface area contributed by atoms with Gasteiger partial charge < -0.3 is 35.0 Å². The molecule has 3 unspecified atom stereocenters. The second-order valence-electron chi connectivity index (χ2n) is 3.40. The van der Waals surface area contributed by atoms with Crippen LogP contribution in [0, 0.1) is 0 Å². The lowest BCUT2D eigenvalue weighted by molar-refractivity contribution is -0.300. The molecule has 0 spiro atoms. The molecule has 16 heavy (non-hydrogen) atoms. The van der Waals surface area contributed by atoms with Crippen molar-refractivity contribution < 1.29 is 39.8 Å². The Kier molecular flexibility index (Phi) is 4.59. The van der Waals surface area contributed by atoms with E-state index in [4.69, 9.17) is 14.9 Å². The Labute approximate surface area is 90.6 Å². The van der Waals surface area contributed by atoms with Crippen LogP contribution in [0.25, 0.3) is 0 Å². The molecule has 94 valence electrons. The van der Waals surface area contributed by atoms with Crippen molar-refractivity contribution in [2.75, 3.05) is 13.2 Å². The van der Waals surface area contributed by atoms with Crippen LogP contribution in [-0.4, -0.2) is 75.4 Å². The van der Waals surface area contributed by atoms with Gasteiger partial charge in [-0.3, -0.25) is 0 Å². The maximum absolute atomic E-state index is 10.2. The lowest BCUT2D eigenvalue weighted by atomic mass is 9.99. The Balaban J connectivity index is 2.60. The van der Waals surface area contributed by atoms with Crippen molar-refractivity contribution in [3.05, 3.63) is 0 Å². The summed E-state index contributed by atoms with van der Waals surface area (Å²) in [6.07, 6.45) is -7.12. The minimum Gasteiger partial charge on any atom is -0.480 e. The lowest BCUT2D eigenvalue weighted by Crippen LogP contribution is -2.59. The molecule has 0 bridgehead atoms. The molecular weight excluding hydrogens is 224 g/mol. The van der Waals surface area contributed by atoms with Gasteiger partial charge in [0.25, 0.3) is 0 Å². The molecule has 0 radical (unpaired) electrons. The number of carboxylic acids is 1. The minimum atomic E-state index is -1.57. The van der Waals surface area contributed by atoms with Gasteiger partial charge in [-0.15, -0.1) is 0 Å². The van der Waals surface area contributed by atoms with Crippen LogP contribution < -0.4 is 0 Å². The lowest BCUT2D eigenvalue weighted by Gasteiger charge is -2.39. The number of aliphatic hydroxyl groups excluding tert-OH is 4. The number of hydrogen-bond acceptors (Lipinski definition) is 7. The van der Waals surface area contributed by atoms with Crippen LogP contribution in [0.3, 0.4) is 0 Å². The van der Waals surface area contributed by atoms with E-state index >= 15 is 0 Å². The molecule has 8 heteroatoms. The zero-order chi connectivity index (χ0) is 12.3. The number of aliphatic hydroxyl groups is 4. The summed E-state index contributed by atoms with van der Waals surface area (Å²) in [5.74, 6) is -1.27. The summed E-state index contributed by atoms with van der Waals surface area (Å²) in [5, 5.41) is 45.3. The first-order valence-corrected chi connectivity index (χ1v) is 4.61. The third-order valence-corrected chi connectivity index (χ3v) is 2.22. The number of aliphatic carboxylic acids is 1. The molecule has 1 aliphatic rings. The summed E-state index contributed by atoms with van der Waals surface area (Å²) in [4.78, 5) is 10.2. The van der Waals surface area contributed by atoms with E-state index in [9.17, 15) is 20.1 Å². The van der Waals surface area contributed by atoms with Crippen molar-refractivity contribution in [1.82, 2.24) is 0 Å². The highest BCUT2D eigenvalue weighted by atomic mass is 16.7. The average Bonchev–Trinajstić information content (AvgIpc) is 2.25. The molecule has 1 aliphatic heterocycles. The Bertz CT molecular complexity index is 242. The molecule has 0 amide bonds. The fourth-order valence-electron chi connectivity index (χ4n) is 1.36. The molecule has 1 rings (SSSR count). The first-order chi connectivity index (χ1) is 7.47. The van der Waals surface area contributed by atoms with Crippen molar-refractivity contribution in [2.45, 2.75) is 30.7 Å². The number of carbonyl (C=O) groups is 1. The second-order valence-corrected chi connectivity index (χ2v) is 3.40. The Morgan fingerprint density at radius 3 is 2.31 bits per heavy atom. The Morgan fingerprint density at radius 2 is 1.81 bits per heavy atom. The van der Waals surface area contributed by atoms with Crippen LogP contribution in [-0.2, 0) is 14.3 Å². The van der Waals surface area contributed by atoms with Gasteiger partial charge in [-0.25, -0.2) is 4.79 Å². The van der Waals surface area contributed by atoms with E-state index in [1.54, 1.807) is 0 Å². The Hall–Kier alpha value is -0.770. The van der Waals surface area contributed by atoms with Gasteiger partial charge in [0.15, 0.2) is 6.29 Å². The molecule has 0 aromatic carbocycles. The van der Waals surface area contributed by atoms with E-state index in [1.807, 2.05) is 0 Å². The maximum atomic E-state index is 10.2. The highest BCUT2D eigenvalue weighted by Crippen LogP contribution is 2.21. The van der Waals surface area contributed by atoms with Crippen molar-refractivity contribution in [3.63, 3.8) is 0 Å². The van der Waals surface area contributed by atoms with Gasteiger partial charge in [0.2, 0.25) is 0 Å². The first-order valence-electron chi connectivity index (χ1n) is 4.61. The summed E-state index contributed by atoms with van der Waals surface area (Å²) in [6.45, 7) is -1.30. The van der Waals surface area contributed by atoms with E-state index in [0.29, 0.717) is 0 Å². The standard InChI is InChI=1S/C8H14O8/c9-1-3-5(12)6(13)7(14)8(16-3)15-2-4(10)11/h3,5-9,12-14H,1-2H2,(H,10,11)/t3?,5-,6-,7?,8?/m0/s1. The second kappa shape index (κ2) is 5.53. The SMILES string of the molecule is O=C(O)COC1OC(CO)[C@H](O)[C@H](O)C1O. The topological polar surface area (TPSA) is 137 Å². The smallest absolute Gasteiger partial charge is 0.329 e. The van der Waals surface area contributed by atoms with Gasteiger partial charge in [-0.2, -0.15) is 0 Å². The zero-order valence-corrected chi connectivity index (χ0v) is 8.26. The molecule has 5 atom stereocenters. The van der Waals surface area contributed by atoms with Crippen LogP contribution in [0.5, 0.6) is 0 Å². The molecule has 1 fully saturated rings. The normalized spacial score (nSPS) is 39.6. The highest BCUT2D eigenvalue weighted by molar-refractivity contribution is 5.68. The molecule has 0 aromatic heterocycles. The van der Waals surface area contributed by atoms with Crippen molar-refractivity contribution in [2.24, 2.45) is 0 Å². The monoisotopic (exact) mass is 238 g/mol. The molecule has 1 saturated heterocycles. The fourth-order valence-corrected chi connectivity index (χ4v) is 1.36. The summed E-state index contributed by atoms with van der Waals surface area (Å²) < 4.78 is 9.54. The molecule has 1 heterocycles. The number of ether oxygens (including phenoxy) is 2. The first kappa shape index (κ1) is 13.3. The van der Waals surface area contributed by atoms with E-state index in [0.717, 1.165) is 0 Å². The minimum absolute atomic E-state index is 0.585. The fraction of sp³-hybridized carbons (Fsp3) is 0.875. The van der Waals surface area contributed by atoms with Crippen LogP contribution in [0.4, 0.5) is 0 Å². The molecule has 0 aliphatic carbocycles. The summed E-state index contributed by atoms with van der Waals surface area (Å²) >= 11 is 0. The highest BCUT2D eigenvalue weighted by Gasteiger charge is 2.44. The van der Waals surface area contributed by atoms with E-state index in [2.05, 4.69) is 4.74 Å². The predicted octanol–water partition coefficient (Wildman–Crippen LogP) is -3.11. The third kappa shape index (κ3) is 2.88. The van der Waals surface area contributed by atoms with Gasteiger partial charge >= 0.3 is 5.97 Å². The van der Waals surface area contributed by atoms with Crippen LogP contribution in [0.1, 0.15) is 0 Å². The van der Waals surface area contributed by atoms with Crippen molar-refractivity contribution in [3.8, 4) is 0 Å². The zero-order valence-electron chi connectivity index (χ0n) is 8.26. The van der Waals surface area contributed by atoms with E-state index < -0.39 is 49.9 Å². The molecule has 5 N–H and O–H groups in total. The summed E-state index contributed by atoms with van der Waals surface area (Å²) in [5.41, 5.74) is 0. The van der Waals surface area contributed by atoms with Crippen LogP contribution in [0.2, 0.25) is 0 Å². The maximum Gasteiger partial charge on any atom is 0.329 e. The molecule has 0 saturated carbocycles. The summed E-state index contributed by atoms with van der Waals surface area (Å²) in [6, 6.07) is 0. The van der Waals surface area contributed by atoms with E-state index in [1.165, 1.54) is 0 Å². The van der Waals surface area contributed by atoms with Crippen LogP contribution >= 0.6 is 0 Å². The number of carboxylic acid groups (broad SMARTS) is 1. The van der Waals surface area contributed by atoms with Gasteiger partial charge in [0.05, 0.1) is 6.61 Å². The average molecular weight is 238 g/mol. The van der Waals surface area contributed by atoms with Crippen molar-refractivity contribution >= 4 is 5.97 Å². The van der Waals surface area contributed by atoms with Gasteiger partial charge in [0.1, 0.15) is 31.0 Å². The summed E-state index contributed by atoms with van der Waals surface area (Å²) in [7, 11) is 0. The number of hydrogen-bond donors (Lipinski definition) is 5. The largest absolute Gasteiger partial charge is 0.480 e. The van der Waals surface area contributed by atoms with E-state index in [-0.39, 0.29) is 0 Å². The molecule has 8 nitrogen and oxygen atoms in total. The third-order valence-electron chi connectivity index (χ3n) is 2.22. The van der Waals surface area contributed by atoms with Gasteiger partial charge in [-0.05, 0) is 0 Å². The quantitative estimate of drug-likeness (QED) is 0.347.